The van der Waals surface area contributed by atoms with Crippen LogP contribution in [0.15, 0.2) is 93.0 Å². The highest BCUT2D eigenvalue weighted by Gasteiger charge is 2.45. The quantitative estimate of drug-likeness (QED) is 0.304. The smallest absolute Gasteiger partial charge is 0.294 e. The number of aliphatic hydroxyl groups is 1. The highest BCUT2D eigenvalue weighted by atomic mass is 79.9. The van der Waals surface area contributed by atoms with E-state index in [1.807, 2.05) is 0 Å². The molecule has 0 radical (unpaired) electrons. The third kappa shape index (κ3) is 3.69. The number of rotatable bonds is 4. The van der Waals surface area contributed by atoms with Crippen LogP contribution >= 0.6 is 27.5 Å². The lowest BCUT2D eigenvalue weighted by molar-refractivity contribution is -0.117. The number of furan rings is 1. The summed E-state index contributed by atoms with van der Waals surface area (Å²) in [5, 5.41) is 21.7. The molecule has 1 aliphatic rings. The Hall–Kier alpha value is -3.55. The second-order valence-electron chi connectivity index (χ2n) is 7.53. The summed E-state index contributed by atoms with van der Waals surface area (Å²) in [7, 11) is 0. The molecule has 4 aromatic rings. The Morgan fingerprint density at radius 1 is 1.00 bits per heavy atom. The Labute approximate surface area is 201 Å². The molecule has 0 spiro atoms. The lowest BCUT2D eigenvalue weighted by atomic mass is 9.94. The molecule has 2 N–H and O–H groups in total. The second kappa shape index (κ2) is 8.10. The molecule has 5 rings (SSSR count). The zero-order valence-electron chi connectivity index (χ0n) is 16.8. The van der Waals surface area contributed by atoms with Crippen molar-refractivity contribution in [1.82, 2.24) is 0 Å². The molecule has 6 nitrogen and oxygen atoms in total. The zero-order valence-corrected chi connectivity index (χ0v) is 19.2. The summed E-state index contributed by atoms with van der Waals surface area (Å²) in [5.41, 5.74) is 1.31. The summed E-state index contributed by atoms with van der Waals surface area (Å²) in [6.45, 7) is 0. The number of fused-ring (bicyclic) bond motifs is 1. The lowest BCUT2D eigenvalue weighted by Crippen LogP contribution is -2.31. The monoisotopic (exact) mass is 523 g/mol. The fourth-order valence-corrected chi connectivity index (χ4v) is 4.52. The van der Waals surface area contributed by atoms with Crippen molar-refractivity contribution in [2.45, 2.75) is 6.04 Å². The average molecular weight is 525 g/mol. The van der Waals surface area contributed by atoms with Crippen LogP contribution in [-0.4, -0.2) is 21.9 Å². The van der Waals surface area contributed by atoms with Crippen molar-refractivity contribution in [2.24, 2.45) is 0 Å². The number of carbonyl (C=O) groups excluding carboxylic acids is 2. The van der Waals surface area contributed by atoms with Gasteiger partial charge in [0.1, 0.15) is 11.3 Å². The molecular formula is C25H15BrClNO5. The van der Waals surface area contributed by atoms with Gasteiger partial charge in [-0.3, -0.25) is 14.5 Å². The summed E-state index contributed by atoms with van der Waals surface area (Å²) in [4.78, 5) is 28.0. The van der Waals surface area contributed by atoms with Crippen molar-refractivity contribution >= 4 is 55.9 Å². The molecule has 164 valence electrons. The van der Waals surface area contributed by atoms with E-state index in [2.05, 4.69) is 15.9 Å². The maximum atomic E-state index is 13.6. The van der Waals surface area contributed by atoms with Gasteiger partial charge in [0.15, 0.2) is 11.5 Å². The molecule has 0 bridgehead atoms. The third-order valence-corrected chi connectivity index (χ3v) is 6.18. The number of halogens is 2. The van der Waals surface area contributed by atoms with Crippen molar-refractivity contribution < 1.29 is 24.2 Å². The minimum atomic E-state index is -0.955. The Balaban J connectivity index is 1.66. The van der Waals surface area contributed by atoms with Crippen LogP contribution in [0.4, 0.5) is 5.69 Å². The number of aromatic hydroxyl groups is 1. The highest BCUT2D eigenvalue weighted by Crippen LogP contribution is 2.43. The zero-order chi connectivity index (χ0) is 23.3. The SMILES string of the molecule is O=C(C1=C(O)C(=O)N(c2cccc(Cl)c2)C1c1ccc(O)cc1)c1cc2cc(Br)ccc2o1. The van der Waals surface area contributed by atoms with Gasteiger partial charge in [0.25, 0.3) is 5.91 Å². The molecule has 8 heteroatoms. The largest absolute Gasteiger partial charge is 0.508 e. The van der Waals surface area contributed by atoms with Crippen molar-refractivity contribution in [3.05, 3.63) is 105 Å². The Kier molecular flexibility index (Phi) is 5.23. The average Bonchev–Trinajstić information content (AvgIpc) is 3.32. The van der Waals surface area contributed by atoms with Crippen molar-refractivity contribution in [3.8, 4) is 5.75 Å². The molecule has 0 fully saturated rings. The molecule has 3 aromatic carbocycles. The van der Waals surface area contributed by atoms with Crippen molar-refractivity contribution in [2.75, 3.05) is 4.90 Å². The van der Waals surface area contributed by atoms with Crippen LogP contribution in [0, 0.1) is 0 Å². The number of phenolic OH excluding ortho intramolecular Hbond substituents is 1. The van der Waals surface area contributed by atoms with E-state index in [0.717, 1.165) is 4.47 Å². The topological polar surface area (TPSA) is 91.0 Å². The maximum absolute atomic E-state index is 13.6. The third-order valence-electron chi connectivity index (χ3n) is 5.45. The molecule has 0 aliphatic carbocycles. The van der Waals surface area contributed by atoms with Gasteiger partial charge in [-0.05, 0) is 60.2 Å². The molecular weight excluding hydrogens is 510 g/mol. The van der Waals surface area contributed by atoms with Gasteiger partial charge in [0.05, 0.1) is 11.6 Å². The lowest BCUT2D eigenvalue weighted by Gasteiger charge is -2.27. The van der Waals surface area contributed by atoms with Crippen LogP contribution in [0.5, 0.6) is 5.75 Å². The summed E-state index contributed by atoms with van der Waals surface area (Å²) >= 11 is 9.53. The molecule has 2 heterocycles. The fourth-order valence-electron chi connectivity index (χ4n) is 3.96. The van der Waals surface area contributed by atoms with E-state index in [0.29, 0.717) is 27.2 Å². The van der Waals surface area contributed by atoms with Gasteiger partial charge in [-0.15, -0.1) is 0 Å². The summed E-state index contributed by atoms with van der Waals surface area (Å²) in [5.74, 6) is -2.00. The first-order valence-electron chi connectivity index (χ1n) is 9.88. The Bertz CT molecular complexity index is 1460. The molecule has 1 atom stereocenters. The van der Waals surface area contributed by atoms with Gasteiger partial charge in [-0.25, -0.2) is 0 Å². The number of anilines is 1. The van der Waals surface area contributed by atoms with Gasteiger partial charge in [0.2, 0.25) is 5.78 Å². The fraction of sp³-hybridized carbons (Fsp3) is 0.0400. The van der Waals surface area contributed by atoms with E-state index in [4.69, 9.17) is 16.0 Å². The first-order valence-corrected chi connectivity index (χ1v) is 11.1. The summed E-state index contributed by atoms with van der Waals surface area (Å²) < 4.78 is 6.56. The van der Waals surface area contributed by atoms with E-state index in [1.165, 1.54) is 17.0 Å². The number of nitrogens with zero attached hydrogens (tertiary/aromatic N) is 1. The van der Waals surface area contributed by atoms with Gasteiger partial charge >= 0.3 is 0 Å². The molecule has 0 saturated carbocycles. The van der Waals surface area contributed by atoms with Crippen LogP contribution in [-0.2, 0) is 4.79 Å². The van der Waals surface area contributed by atoms with E-state index in [9.17, 15) is 19.8 Å². The number of ketones is 1. The van der Waals surface area contributed by atoms with Crippen LogP contribution in [0.25, 0.3) is 11.0 Å². The standard InChI is InChI=1S/C25H15BrClNO5/c26-15-6-9-19-14(10-15)11-20(33-19)23(30)21-22(13-4-7-18(29)8-5-13)28(25(32)24(21)31)17-3-1-2-16(27)12-17/h1-12,22,29,31H. The molecule has 1 aliphatic heterocycles. The second-order valence-corrected chi connectivity index (χ2v) is 8.89. The molecule has 0 saturated heterocycles. The number of phenols is 1. The van der Waals surface area contributed by atoms with Crippen LogP contribution in [0.1, 0.15) is 22.2 Å². The minimum absolute atomic E-state index is 0.00540. The number of carbonyl (C=O) groups is 2. The minimum Gasteiger partial charge on any atom is -0.508 e. The summed E-state index contributed by atoms with van der Waals surface area (Å²) in [6.07, 6.45) is 0. The Morgan fingerprint density at radius 3 is 2.48 bits per heavy atom. The Morgan fingerprint density at radius 2 is 1.76 bits per heavy atom. The highest BCUT2D eigenvalue weighted by molar-refractivity contribution is 9.10. The first kappa shape index (κ1) is 21.3. The maximum Gasteiger partial charge on any atom is 0.294 e. The summed E-state index contributed by atoms with van der Waals surface area (Å²) in [6, 6.07) is 18.6. The number of hydrogen-bond donors (Lipinski definition) is 2. The first-order chi connectivity index (χ1) is 15.8. The predicted octanol–water partition coefficient (Wildman–Crippen LogP) is 6.34. The van der Waals surface area contributed by atoms with Gasteiger partial charge in [-0.1, -0.05) is 45.7 Å². The van der Waals surface area contributed by atoms with Crippen molar-refractivity contribution in [1.29, 1.82) is 0 Å². The van der Waals surface area contributed by atoms with E-state index in [1.54, 1.807) is 60.7 Å². The molecule has 1 aromatic heterocycles. The number of amides is 1. The van der Waals surface area contributed by atoms with Crippen LogP contribution in [0.2, 0.25) is 5.02 Å². The number of Topliss-reactive ketones (excluding diaryl/α,β-unsaturated/α-hetero) is 1. The number of benzene rings is 3. The molecule has 1 amide bonds. The normalized spacial score (nSPS) is 16.1. The molecule has 33 heavy (non-hydrogen) atoms. The number of aliphatic hydroxyl groups excluding tert-OH is 1. The van der Waals surface area contributed by atoms with Crippen molar-refractivity contribution in [3.63, 3.8) is 0 Å². The van der Waals surface area contributed by atoms with E-state index < -0.39 is 23.5 Å². The van der Waals surface area contributed by atoms with Gasteiger partial charge in [0, 0.05) is 20.6 Å². The van der Waals surface area contributed by atoms with Gasteiger partial charge in [-0.2, -0.15) is 0 Å². The van der Waals surface area contributed by atoms with Crippen LogP contribution in [0.3, 0.4) is 0 Å². The van der Waals surface area contributed by atoms with E-state index >= 15 is 0 Å². The van der Waals surface area contributed by atoms with Crippen LogP contribution < -0.4 is 4.90 Å². The molecule has 1 unspecified atom stereocenters. The van der Waals surface area contributed by atoms with Gasteiger partial charge < -0.3 is 14.6 Å². The number of hydrogen-bond acceptors (Lipinski definition) is 5. The predicted molar refractivity (Wildman–Crippen MR) is 128 cm³/mol. The van der Waals surface area contributed by atoms with E-state index in [-0.39, 0.29) is 17.1 Å².